The number of furan rings is 1. The molecule has 0 saturated heterocycles. The van der Waals surface area contributed by atoms with Crippen LogP contribution in [0.15, 0.2) is 63.8 Å². The van der Waals surface area contributed by atoms with Gasteiger partial charge >= 0.3 is 0 Å². The maximum atomic E-state index is 12.1. The lowest BCUT2D eigenvalue weighted by Gasteiger charge is -2.20. The summed E-state index contributed by atoms with van der Waals surface area (Å²) in [5.74, 6) is 0.319. The number of rotatable bonds is 5. The van der Waals surface area contributed by atoms with E-state index < -0.39 is 11.5 Å². The fraction of sp³-hybridized carbons (Fsp3) is 0.176. The van der Waals surface area contributed by atoms with Gasteiger partial charge in [-0.2, -0.15) is 0 Å². The average Bonchev–Trinajstić information content (AvgIpc) is 3.25. The monoisotopic (exact) mass is 312 g/mol. The van der Waals surface area contributed by atoms with E-state index in [0.717, 1.165) is 5.56 Å². The first-order valence-electron chi connectivity index (χ1n) is 7.12. The van der Waals surface area contributed by atoms with E-state index in [1.54, 1.807) is 19.1 Å². The molecule has 3 aromatic rings. The molecule has 0 saturated carbocycles. The molecule has 0 spiro atoms. The Labute approximate surface area is 132 Å². The van der Waals surface area contributed by atoms with Crippen LogP contribution in [0.2, 0.25) is 0 Å². The second-order valence-electron chi connectivity index (χ2n) is 5.34. The van der Waals surface area contributed by atoms with Crippen molar-refractivity contribution < 1.29 is 18.7 Å². The average molecular weight is 312 g/mol. The van der Waals surface area contributed by atoms with E-state index in [4.69, 9.17) is 8.83 Å². The second-order valence-corrected chi connectivity index (χ2v) is 5.34. The number of nitrogens with one attached hydrogen (secondary N) is 1. The summed E-state index contributed by atoms with van der Waals surface area (Å²) in [5.41, 5.74) is -0.362. The molecule has 0 aliphatic rings. The van der Waals surface area contributed by atoms with Crippen LogP contribution in [0.1, 0.15) is 23.2 Å². The molecule has 2 heterocycles. The van der Waals surface area contributed by atoms with Crippen LogP contribution in [0, 0.1) is 0 Å². The molecule has 1 aromatic carbocycles. The lowest BCUT2D eigenvalue weighted by atomic mass is 10.0. The molecule has 6 heteroatoms. The van der Waals surface area contributed by atoms with Gasteiger partial charge in [0.05, 0.1) is 12.8 Å². The Hall–Kier alpha value is -2.86. The largest absolute Gasteiger partial charge is 0.466 e. The molecule has 1 unspecified atom stereocenters. The second kappa shape index (κ2) is 6.10. The normalized spacial score (nSPS) is 13.5. The van der Waals surface area contributed by atoms with Gasteiger partial charge in [0.2, 0.25) is 5.89 Å². The number of carbonyl (C=O) groups excluding carboxylic acids is 1. The first-order valence-corrected chi connectivity index (χ1v) is 7.12. The van der Waals surface area contributed by atoms with Crippen molar-refractivity contribution in [2.45, 2.75) is 12.5 Å². The number of hydrogen-bond acceptors (Lipinski definition) is 5. The molecule has 3 rings (SSSR count). The lowest BCUT2D eigenvalue weighted by Crippen LogP contribution is -2.38. The minimum absolute atomic E-state index is 0.00707. The van der Waals surface area contributed by atoms with Gasteiger partial charge in [-0.15, -0.1) is 0 Å². The summed E-state index contributed by atoms with van der Waals surface area (Å²) in [6, 6.07) is 12.6. The number of carbonyl (C=O) groups is 1. The minimum Gasteiger partial charge on any atom is -0.466 e. The van der Waals surface area contributed by atoms with Crippen molar-refractivity contribution in [2.24, 2.45) is 0 Å². The van der Waals surface area contributed by atoms with Crippen LogP contribution < -0.4 is 5.32 Å². The highest BCUT2D eigenvalue weighted by Crippen LogP contribution is 2.21. The van der Waals surface area contributed by atoms with Crippen LogP contribution in [0.4, 0.5) is 0 Å². The van der Waals surface area contributed by atoms with Gasteiger partial charge in [0.25, 0.3) is 5.91 Å². The summed E-state index contributed by atoms with van der Waals surface area (Å²) >= 11 is 0. The smallest absolute Gasteiger partial charge is 0.273 e. The van der Waals surface area contributed by atoms with Gasteiger partial charge in [-0.25, -0.2) is 4.98 Å². The maximum absolute atomic E-state index is 12.1. The highest BCUT2D eigenvalue weighted by molar-refractivity contribution is 5.92. The highest BCUT2D eigenvalue weighted by Gasteiger charge is 2.27. The fourth-order valence-corrected chi connectivity index (χ4v) is 2.11. The molecular weight excluding hydrogens is 296 g/mol. The Kier molecular flexibility index (Phi) is 3.99. The van der Waals surface area contributed by atoms with Gasteiger partial charge in [0.1, 0.15) is 17.6 Å². The Balaban J connectivity index is 1.66. The van der Waals surface area contributed by atoms with Crippen molar-refractivity contribution in [1.82, 2.24) is 10.3 Å². The van der Waals surface area contributed by atoms with Gasteiger partial charge in [-0.1, -0.05) is 18.2 Å². The molecule has 118 valence electrons. The molecule has 1 atom stereocenters. The number of aromatic nitrogens is 1. The third-order valence-electron chi connectivity index (χ3n) is 3.40. The van der Waals surface area contributed by atoms with Crippen molar-refractivity contribution in [3.05, 3.63) is 66.4 Å². The van der Waals surface area contributed by atoms with Crippen LogP contribution in [-0.4, -0.2) is 22.5 Å². The molecule has 0 aliphatic carbocycles. The Morgan fingerprint density at radius 1 is 1.22 bits per heavy atom. The van der Waals surface area contributed by atoms with Gasteiger partial charge in [0, 0.05) is 5.56 Å². The number of oxazole rings is 1. The summed E-state index contributed by atoms with van der Waals surface area (Å²) < 4.78 is 10.5. The molecule has 1 amide bonds. The summed E-state index contributed by atoms with van der Waals surface area (Å²) in [6.45, 7) is 1.55. The highest BCUT2D eigenvalue weighted by atomic mass is 16.4. The molecule has 0 radical (unpaired) electrons. The molecule has 2 aromatic heterocycles. The zero-order chi connectivity index (χ0) is 16.3. The van der Waals surface area contributed by atoms with Crippen molar-refractivity contribution >= 4 is 5.91 Å². The van der Waals surface area contributed by atoms with Gasteiger partial charge in [-0.05, 0) is 31.2 Å². The molecule has 2 N–H and O–H groups in total. The topological polar surface area (TPSA) is 88.5 Å². The molecule has 0 aliphatic heterocycles. The first-order chi connectivity index (χ1) is 11.1. The predicted molar refractivity (Wildman–Crippen MR) is 82.6 cm³/mol. The van der Waals surface area contributed by atoms with Crippen molar-refractivity contribution in [3.8, 4) is 11.5 Å². The number of nitrogens with zero attached hydrogens (tertiary/aromatic N) is 1. The fourth-order valence-electron chi connectivity index (χ4n) is 2.11. The van der Waals surface area contributed by atoms with Gasteiger partial charge in [-0.3, -0.25) is 4.79 Å². The summed E-state index contributed by atoms with van der Waals surface area (Å²) in [7, 11) is 0. The van der Waals surface area contributed by atoms with Crippen molar-refractivity contribution in [3.63, 3.8) is 0 Å². The van der Waals surface area contributed by atoms with E-state index in [-0.39, 0.29) is 12.2 Å². The van der Waals surface area contributed by atoms with Gasteiger partial charge in [0.15, 0.2) is 5.69 Å². The first kappa shape index (κ1) is 15.1. The van der Waals surface area contributed by atoms with Gasteiger partial charge < -0.3 is 19.3 Å². The summed E-state index contributed by atoms with van der Waals surface area (Å²) in [5, 5.41) is 12.9. The Bertz CT molecular complexity index is 776. The zero-order valence-electron chi connectivity index (χ0n) is 12.5. The Morgan fingerprint density at radius 2 is 2.00 bits per heavy atom. The summed E-state index contributed by atoms with van der Waals surface area (Å²) in [6.07, 6.45) is 2.76. The SMILES string of the molecule is CC(O)(CNC(=O)c1coc(-c2ccccc2)n1)c1ccco1. The van der Waals surface area contributed by atoms with E-state index in [0.29, 0.717) is 11.7 Å². The minimum atomic E-state index is -1.30. The quantitative estimate of drug-likeness (QED) is 0.756. The van der Waals surface area contributed by atoms with Crippen LogP contribution in [0.25, 0.3) is 11.5 Å². The van der Waals surface area contributed by atoms with Crippen molar-refractivity contribution in [2.75, 3.05) is 6.54 Å². The number of benzene rings is 1. The van der Waals surface area contributed by atoms with Crippen LogP contribution in [-0.2, 0) is 5.60 Å². The van der Waals surface area contributed by atoms with E-state index >= 15 is 0 Å². The van der Waals surface area contributed by atoms with E-state index in [9.17, 15) is 9.90 Å². The van der Waals surface area contributed by atoms with Crippen LogP contribution in [0.5, 0.6) is 0 Å². The molecule has 0 fully saturated rings. The lowest BCUT2D eigenvalue weighted by molar-refractivity contribution is 0.0329. The molecular formula is C17H16N2O4. The molecule has 6 nitrogen and oxygen atoms in total. The van der Waals surface area contributed by atoms with Crippen molar-refractivity contribution in [1.29, 1.82) is 0 Å². The summed E-state index contributed by atoms with van der Waals surface area (Å²) in [4.78, 5) is 16.3. The maximum Gasteiger partial charge on any atom is 0.273 e. The third-order valence-corrected chi connectivity index (χ3v) is 3.40. The van der Waals surface area contributed by atoms with E-state index in [1.807, 2.05) is 30.3 Å². The number of hydrogen-bond donors (Lipinski definition) is 2. The van der Waals surface area contributed by atoms with Crippen LogP contribution in [0.3, 0.4) is 0 Å². The predicted octanol–water partition coefficient (Wildman–Crippen LogP) is 2.57. The zero-order valence-corrected chi connectivity index (χ0v) is 12.5. The van der Waals surface area contributed by atoms with E-state index in [1.165, 1.54) is 12.5 Å². The van der Waals surface area contributed by atoms with E-state index in [2.05, 4.69) is 10.3 Å². The standard InChI is InChI=1S/C17H16N2O4/c1-17(21,14-8-5-9-22-14)11-18-15(20)13-10-23-16(19-13)12-6-3-2-4-7-12/h2-10,21H,11H2,1H3,(H,18,20). The molecule has 0 bridgehead atoms. The number of aliphatic hydroxyl groups is 1. The number of amides is 1. The van der Waals surface area contributed by atoms with Crippen LogP contribution >= 0.6 is 0 Å². The Morgan fingerprint density at radius 3 is 2.70 bits per heavy atom. The molecule has 23 heavy (non-hydrogen) atoms. The third kappa shape index (κ3) is 3.32.